The van der Waals surface area contributed by atoms with Crippen molar-refractivity contribution < 1.29 is 9.72 Å². The molecule has 1 rings (SSSR count). The van der Waals surface area contributed by atoms with Crippen LogP contribution in [-0.4, -0.2) is 27.5 Å². The van der Waals surface area contributed by atoms with E-state index in [0.29, 0.717) is 6.54 Å². The lowest BCUT2D eigenvalue weighted by molar-refractivity contribution is -0.391. The van der Waals surface area contributed by atoms with E-state index in [9.17, 15) is 14.9 Å². The molecule has 1 aromatic rings. The second-order valence-electron chi connectivity index (χ2n) is 5.12. The molecule has 8 heteroatoms. The first-order valence-electron chi connectivity index (χ1n) is 6.05. The Morgan fingerprint density at radius 2 is 2.10 bits per heavy atom. The maximum Gasteiger partial charge on any atom is 0.323 e. The number of nitrogens with zero attached hydrogens (tertiary/aromatic N) is 2. The van der Waals surface area contributed by atoms with E-state index in [2.05, 4.69) is 5.32 Å². The van der Waals surface area contributed by atoms with Crippen LogP contribution in [0.3, 0.4) is 0 Å². The Kier molecular flexibility index (Phi) is 6.18. The van der Waals surface area contributed by atoms with Crippen LogP contribution in [0.25, 0.3) is 0 Å². The molecule has 1 atom stereocenters. The van der Waals surface area contributed by atoms with Gasteiger partial charge >= 0.3 is 5.82 Å². The predicted octanol–water partition coefficient (Wildman–Crippen LogP) is 1.46. The molecule has 1 heterocycles. The second-order valence-corrected chi connectivity index (χ2v) is 5.12. The lowest BCUT2D eigenvalue weighted by Gasteiger charge is -2.33. The van der Waals surface area contributed by atoms with Crippen LogP contribution in [0.5, 0.6) is 0 Å². The van der Waals surface area contributed by atoms with E-state index in [1.54, 1.807) is 0 Å². The number of aromatic nitrogens is 1. The first-order chi connectivity index (χ1) is 8.73. The molecule has 0 fully saturated rings. The van der Waals surface area contributed by atoms with Crippen molar-refractivity contribution in [2.75, 3.05) is 6.54 Å². The summed E-state index contributed by atoms with van der Waals surface area (Å²) in [5.74, 6) is -0.335. The van der Waals surface area contributed by atoms with Crippen LogP contribution in [0.2, 0.25) is 0 Å². The molecule has 0 aliphatic carbocycles. The van der Waals surface area contributed by atoms with Gasteiger partial charge in [0.2, 0.25) is 0 Å². The van der Waals surface area contributed by atoms with Crippen molar-refractivity contribution in [2.45, 2.75) is 26.3 Å². The van der Waals surface area contributed by atoms with Gasteiger partial charge in [-0.2, -0.15) is 0 Å². The summed E-state index contributed by atoms with van der Waals surface area (Å²) in [7, 11) is 1.49. The van der Waals surface area contributed by atoms with E-state index in [0.717, 1.165) is 0 Å². The van der Waals surface area contributed by atoms with Crippen molar-refractivity contribution in [1.29, 1.82) is 0 Å². The highest BCUT2D eigenvalue weighted by atomic mass is 35.5. The highest BCUT2D eigenvalue weighted by Crippen LogP contribution is 2.18. The fourth-order valence-corrected chi connectivity index (χ4v) is 1.67. The number of hydrogen-bond donors (Lipinski definition) is 2. The number of hydrogen-bond acceptors (Lipinski definition) is 4. The number of nitrogens with two attached hydrogens (primary N) is 1. The standard InChI is InChI=1S/C12H20N4O3.ClH/c1-8(2)12(3,7-13)14-11(17)9-5-6-10(15(9)4)16(18)19;/h5-6,8H,7,13H2,1-4H3,(H,14,17);1H. The molecule has 0 saturated carbocycles. The van der Waals surface area contributed by atoms with E-state index in [-0.39, 0.29) is 35.7 Å². The van der Waals surface area contributed by atoms with E-state index in [1.807, 2.05) is 20.8 Å². The number of rotatable bonds is 5. The third-order valence-corrected chi connectivity index (χ3v) is 3.61. The molecule has 0 aliphatic rings. The third-order valence-electron chi connectivity index (χ3n) is 3.61. The Balaban J connectivity index is 0.00000361. The van der Waals surface area contributed by atoms with Gasteiger partial charge in [-0.25, -0.2) is 4.57 Å². The van der Waals surface area contributed by atoms with Crippen LogP contribution in [0.1, 0.15) is 31.3 Å². The van der Waals surface area contributed by atoms with Crippen molar-refractivity contribution in [1.82, 2.24) is 9.88 Å². The Bertz CT molecular complexity index is 501. The van der Waals surface area contributed by atoms with Gasteiger partial charge in [-0.1, -0.05) is 13.8 Å². The van der Waals surface area contributed by atoms with Gasteiger partial charge in [0.05, 0.1) is 12.6 Å². The summed E-state index contributed by atoms with van der Waals surface area (Å²) in [6, 6.07) is 2.74. The van der Waals surface area contributed by atoms with Gasteiger partial charge in [-0.05, 0) is 23.8 Å². The molecule has 0 radical (unpaired) electrons. The van der Waals surface area contributed by atoms with Crippen molar-refractivity contribution in [3.05, 3.63) is 27.9 Å². The average molecular weight is 305 g/mol. The smallest absolute Gasteiger partial charge is 0.323 e. The number of carbonyl (C=O) groups is 1. The summed E-state index contributed by atoms with van der Waals surface area (Å²) in [4.78, 5) is 22.4. The van der Waals surface area contributed by atoms with Gasteiger partial charge < -0.3 is 21.2 Å². The highest BCUT2D eigenvalue weighted by Gasteiger charge is 2.31. The lowest BCUT2D eigenvalue weighted by atomic mass is 9.88. The second kappa shape index (κ2) is 6.71. The number of carbonyl (C=O) groups excluding carboxylic acids is 1. The molecule has 0 aliphatic heterocycles. The Morgan fingerprint density at radius 1 is 1.55 bits per heavy atom. The summed E-state index contributed by atoms with van der Waals surface area (Å²) in [6.07, 6.45) is 0. The largest absolute Gasteiger partial charge is 0.358 e. The number of nitrogens with one attached hydrogen (secondary N) is 1. The first kappa shape index (κ1) is 18.4. The van der Waals surface area contributed by atoms with Gasteiger partial charge in [0.15, 0.2) is 5.69 Å². The molecular weight excluding hydrogens is 284 g/mol. The molecule has 1 aromatic heterocycles. The van der Waals surface area contributed by atoms with Gasteiger partial charge in [0.25, 0.3) is 5.91 Å². The van der Waals surface area contributed by atoms with E-state index in [1.165, 1.54) is 23.7 Å². The topological polar surface area (TPSA) is 103 Å². The number of nitro groups is 1. The molecular formula is C12H21ClN4O3. The van der Waals surface area contributed by atoms with Gasteiger partial charge in [0, 0.05) is 12.6 Å². The van der Waals surface area contributed by atoms with Crippen LogP contribution in [0.15, 0.2) is 12.1 Å². The summed E-state index contributed by atoms with van der Waals surface area (Å²) in [5.41, 5.74) is 5.39. The zero-order valence-electron chi connectivity index (χ0n) is 12.0. The van der Waals surface area contributed by atoms with E-state index >= 15 is 0 Å². The zero-order chi connectivity index (χ0) is 14.8. The lowest BCUT2D eigenvalue weighted by Crippen LogP contribution is -2.55. The highest BCUT2D eigenvalue weighted by molar-refractivity contribution is 5.93. The summed E-state index contributed by atoms with van der Waals surface area (Å²) in [5, 5.41) is 13.6. The van der Waals surface area contributed by atoms with Gasteiger partial charge in [-0.15, -0.1) is 12.4 Å². The minimum absolute atomic E-state index is 0. The predicted molar refractivity (Wildman–Crippen MR) is 79.1 cm³/mol. The molecule has 3 N–H and O–H groups in total. The summed E-state index contributed by atoms with van der Waals surface area (Å²) < 4.78 is 1.26. The number of halogens is 1. The maximum absolute atomic E-state index is 12.2. The number of amides is 1. The van der Waals surface area contributed by atoms with Crippen LogP contribution >= 0.6 is 12.4 Å². The third kappa shape index (κ3) is 3.49. The van der Waals surface area contributed by atoms with E-state index in [4.69, 9.17) is 5.73 Å². The quantitative estimate of drug-likeness (QED) is 0.635. The van der Waals surface area contributed by atoms with Crippen LogP contribution in [-0.2, 0) is 7.05 Å². The van der Waals surface area contributed by atoms with Crippen molar-refractivity contribution >= 4 is 24.1 Å². The van der Waals surface area contributed by atoms with Crippen LogP contribution in [0.4, 0.5) is 5.82 Å². The minimum atomic E-state index is -0.546. The molecule has 0 aromatic carbocycles. The molecule has 0 saturated heterocycles. The van der Waals surface area contributed by atoms with Gasteiger partial charge in [-0.3, -0.25) is 4.79 Å². The molecule has 0 bridgehead atoms. The zero-order valence-corrected chi connectivity index (χ0v) is 12.9. The monoisotopic (exact) mass is 304 g/mol. The van der Waals surface area contributed by atoms with Gasteiger partial charge in [0.1, 0.15) is 0 Å². The molecule has 7 nitrogen and oxygen atoms in total. The Labute approximate surface area is 124 Å². The minimum Gasteiger partial charge on any atom is -0.358 e. The van der Waals surface area contributed by atoms with Crippen LogP contribution < -0.4 is 11.1 Å². The molecule has 1 amide bonds. The SMILES string of the molecule is CC(C)C(C)(CN)NC(=O)c1ccc([N+](=O)[O-])n1C.Cl. The average Bonchev–Trinajstić information content (AvgIpc) is 2.70. The van der Waals surface area contributed by atoms with Crippen molar-refractivity contribution in [2.24, 2.45) is 18.7 Å². The Morgan fingerprint density at radius 3 is 2.45 bits per heavy atom. The normalized spacial score (nSPS) is 13.5. The summed E-state index contributed by atoms with van der Waals surface area (Å²) in [6.45, 7) is 6.07. The Hall–Kier alpha value is -1.60. The molecule has 0 spiro atoms. The fraction of sp³-hybridized carbons (Fsp3) is 0.583. The first-order valence-corrected chi connectivity index (χ1v) is 6.05. The molecule has 1 unspecified atom stereocenters. The van der Waals surface area contributed by atoms with E-state index < -0.39 is 10.5 Å². The van der Waals surface area contributed by atoms with Crippen molar-refractivity contribution in [3.63, 3.8) is 0 Å². The van der Waals surface area contributed by atoms with Crippen molar-refractivity contribution in [3.8, 4) is 0 Å². The molecule has 20 heavy (non-hydrogen) atoms. The van der Waals surface area contributed by atoms with Crippen LogP contribution in [0, 0.1) is 16.0 Å². The fourth-order valence-electron chi connectivity index (χ4n) is 1.67. The molecule has 114 valence electrons. The summed E-state index contributed by atoms with van der Waals surface area (Å²) >= 11 is 0. The maximum atomic E-state index is 12.2.